The summed E-state index contributed by atoms with van der Waals surface area (Å²) in [5.74, 6) is -0.349. The molecule has 0 aliphatic carbocycles. The molecule has 0 aliphatic heterocycles. The Labute approximate surface area is 211 Å². The van der Waals surface area contributed by atoms with Crippen LogP contribution >= 0.6 is 11.3 Å². The van der Waals surface area contributed by atoms with Crippen LogP contribution in [0.25, 0.3) is 17.1 Å². The number of amides is 1. The molecule has 0 bridgehead atoms. The average molecular weight is 496 g/mol. The molecule has 9 heteroatoms. The van der Waals surface area contributed by atoms with Crippen molar-refractivity contribution in [3.63, 3.8) is 0 Å². The van der Waals surface area contributed by atoms with Gasteiger partial charge in [-0.2, -0.15) is 0 Å². The predicted octanol–water partition coefficient (Wildman–Crippen LogP) is 5.43. The maximum Gasteiger partial charge on any atom is 0.378 e. The van der Waals surface area contributed by atoms with Gasteiger partial charge in [0, 0.05) is 17.9 Å². The van der Waals surface area contributed by atoms with Gasteiger partial charge in [-0.15, -0.1) is 16.4 Å². The second-order valence-electron chi connectivity index (χ2n) is 7.76. The van der Waals surface area contributed by atoms with Gasteiger partial charge in [-0.1, -0.05) is 66.7 Å². The molecule has 36 heavy (non-hydrogen) atoms. The van der Waals surface area contributed by atoms with Crippen LogP contribution in [0.1, 0.15) is 23.2 Å². The first-order chi connectivity index (χ1) is 17.6. The molecule has 2 heterocycles. The third kappa shape index (κ3) is 4.91. The first kappa shape index (κ1) is 23.1. The van der Waals surface area contributed by atoms with E-state index in [1.165, 1.54) is 23.2 Å². The number of benzene rings is 3. The van der Waals surface area contributed by atoms with Crippen molar-refractivity contribution in [1.82, 2.24) is 19.7 Å². The van der Waals surface area contributed by atoms with Crippen molar-refractivity contribution in [1.29, 1.82) is 0 Å². The molecule has 0 aliphatic rings. The number of nitrogens with zero attached hydrogens (tertiary/aromatic N) is 5. The van der Waals surface area contributed by atoms with Crippen molar-refractivity contribution in [2.45, 2.75) is 13.5 Å². The van der Waals surface area contributed by atoms with Crippen LogP contribution in [0.15, 0.2) is 96.4 Å². The maximum atomic E-state index is 12.9. The maximum absolute atomic E-state index is 12.9. The molecular weight excluding hydrogens is 474 g/mol. The van der Waals surface area contributed by atoms with Gasteiger partial charge in [0.1, 0.15) is 6.61 Å². The van der Waals surface area contributed by atoms with Gasteiger partial charge < -0.3 is 4.74 Å². The van der Waals surface area contributed by atoms with Crippen LogP contribution < -0.4 is 4.90 Å². The topological polar surface area (TPSA) is 90.2 Å². The lowest BCUT2D eigenvalue weighted by molar-refractivity contribution is -0.115. The molecular formula is C27H21N5O3S. The fourth-order valence-electron chi connectivity index (χ4n) is 3.60. The van der Waals surface area contributed by atoms with Gasteiger partial charge in [-0.3, -0.25) is 9.69 Å². The quantitative estimate of drug-likeness (QED) is 0.280. The van der Waals surface area contributed by atoms with Crippen molar-refractivity contribution in [2.24, 2.45) is 0 Å². The number of anilines is 2. The Balaban J connectivity index is 1.35. The summed E-state index contributed by atoms with van der Waals surface area (Å²) in [6, 6.07) is 28.3. The molecule has 0 atom stereocenters. The Bertz CT molecular complexity index is 1430. The van der Waals surface area contributed by atoms with Crippen molar-refractivity contribution < 1.29 is 14.3 Å². The van der Waals surface area contributed by atoms with Crippen LogP contribution in [0.3, 0.4) is 0 Å². The van der Waals surface area contributed by atoms with Crippen LogP contribution in [-0.4, -0.2) is 31.6 Å². The summed E-state index contributed by atoms with van der Waals surface area (Å²) in [7, 11) is 0. The number of esters is 1. The highest BCUT2D eigenvalue weighted by molar-refractivity contribution is 7.14. The normalized spacial score (nSPS) is 10.7. The highest BCUT2D eigenvalue weighted by atomic mass is 32.1. The molecule has 0 fully saturated rings. The zero-order chi connectivity index (χ0) is 24.9. The number of ether oxygens (including phenoxy) is 1. The lowest BCUT2D eigenvalue weighted by Gasteiger charge is -2.17. The number of aromatic nitrogens is 4. The molecule has 178 valence electrons. The monoisotopic (exact) mass is 495 g/mol. The smallest absolute Gasteiger partial charge is 0.378 e. The number of carbonyl (C=O) groups is 2. The van der Waals surface area contributed by atoms with Gasteiger partial charge in [0.05, 0.1) is 17.1 Å². The highest BCUT2D eigenvalue weighted by Gasteiger charge is 2.21. The molecule has 1 amide bonds. The molecule has 2 aromatic heterocycles. The van der Waals surface area contributed by atoms with Crippen molar-refractivity contribution in [3.05, 3.63) is 108 Å². The zero-order valence-electron chi connectivity index (χ0n) is 19.3. The summed E-state index contributed by atoms with van der Waals surface area (Å²) in [6.07, 6.45) is 0. The second-order valence-corrected chi connectivity index (χ2v) is 8.60. The van der Waals surface area contributed by atoms with E-state index < -0.39 is 5.97 Å². The lowest BCUT2D eigenvalue weighted by atomic mass is 10.2. The van der Waals surface area contributed by atoms with E-state index in [1.54, 1.807) is 10.1 Å². The Morgan fingerprint density at radius 3 is 2.19 bits per heavy atom. The molecule has 0 saturated heterocycles. The van der Waals surface area contributed by atoms with Crippen molar-refractivity contribution in [3.8, 4) is 17.1 Å². The molecule has 5 aromatic rings. The van der Waals surface area contributed by atoms with Gasteiger partial charge in [-0.25, -0.2) is 19.4 Å². The van der Waals surface area contributed by atoms with Crippen LogP contribution in [0.5, 0.6) is 0 Å². The minimum atomic E-state index is -0.664. The van der Waals surface area contributed by atoms with Gasteiger partial charge in [0.25, 0.3) is 5.82 Å². The number of rotatable bonds is 7. The summed E-state index contributed by atoms with van der Waals surface area (Å²) in [5.41, 5.74) is 2.84. The third-order valence-corrected chi connectivity index (χ3v) is 6.11. The highest BCUT2D eigenvalue weighted by Crippen LogP contribution is 2.29. The predicted molar refractivity (Wildman–Crippen MR) is 137 cm³/mol. The summed E-state index contributed by atoms with van der Waals surface area (Å²) >= 11 is 1.30. The molecule has 5 rings (SSSR count). The Morgan fingerprint density at radius 2 is 1.53 bits per heavy atom. The second kappa shape index (κ2) is 10.3. The summed E-state index contributed by atoms with van der Waals surface area (Å²) < 4.78 is 7.10. The van der Waals surface area contributed by atoms with Crippen LogP contribution in [-0.2, 0) is 16.1 Å². The fourth-order valence-corrected chi connectivity index (χ4v) is 4.47. The Hall–Kier alpha value is -4.63. The average Bonchev–Trinajstić information content (AvgIpc) is 3.57. The Morgan fingerprint density at radius 1 is 0.889 bits per heavy atom. The first-order valence-electron chi connectivity index (χ1n) is 11.2. The molecule has 0 unspecified atom stereocenters. The number of thiazole rings is 1. The third-order valence-electron chi connectivity index (χ3n) is 5.23. The van der Waals surface area contributed by atoms with E-state index in [0.29, 0.717) is 22.3 Å². The summed E-state index contributed by atoms with van der Waals surface area (Å²) in [4.78, 5) is 35.6. The number of hydrogen-bond acceptors (Lipinski definition) is 7. The molecule has 8 nitrogen and oxygen atoms in total. The molecule has 0 spiro atoms. The minimum Gasteiger partial charge on any atom is -0.453 e. The Kier molecular flexibility index (Phi) is 6.63. The largest absolute Gasteiger partial charge is 0.453 e. The SMILES string of the molecule is CC(=O)N(c1ccccc1)c1nc(COC(=O)c2nc(-c3ccccc3)n(-c3ccccc3)n2)cs1. The fraction of sp³-hybridized carbons (Fsp3) is 0.0741. The number of carbonyl (C=O) groups excluding carboxylic acids is 2. The number of hydrogen-bond donors (Lipinski definition) is 0. The van der Waals surface area contributed by atoms with Gasteiger partial charge in [0.15, 0.2) is 11.0 Å². The van der Waals surface area contributed by atoms with Crippen molar-refractivity contribution >= 4 is 34.0 Å². The van der Waals surface area contributed by atoms with Crippen LogP contribution in [0.4, 0.5) is 10.8 Å². The summed E-state index contributed by atoms with van der Waals surface area (Å²) in [6.45, 7) is 1.41. The van der Waals surface area contributed by atoms with E-state index in [2.05, 4.69) is 15.1 Å². The van der Waals surface area contributed by atoms with Crippen LogP contribution in [0, 0.1) is 0 Å². The van der Waals surface area contributed by atoms with Gasteiger partial charge in [-0.05, 0) is 24.3 Å². The first-order valence-corrected chi connectivity index (χ1v) is 12.0. The van der Waals surface area contributed by atoms with Crippen molar-refractivity contribution in [2.75, 3.05) is 4.90 Å². The molecule has 0 N–H and O–H groups in total. The summed E-state index contributed by atoms with van der Waals surface area (Å²) in [5, 5.41) is 6.68. The van der Waals surface area contributed by atoms with Gasteiger partial charge in [0.2, 0.25) is 5.91 Å². The van der Waals surface area contributed by atoms with E-state index in [-0.39, 0.29) is 18.3 Å². The number of para-hydroxylation sites is 2. The molecule has 0 radical (unpaired) electrons. The van der Waals surface area contributed by atoms with E-state index in [9.17, 15) is 9.59 Å². The van der Waals surface area contributed by atoms with E-state index >= 15 is 0 Å². The lowest BCUT2D eigenvalue weighted by Crippen LogP contribution is -2.22. The molecule has 3 aromatic carbocycles. The van der Waals surface area contributed by atoms with Gasteiger partial charge >= 0.3 is 5.97 Å². The molecule has 0 saturated carbocycles. The van der Waals surface area contributed by atoms with E-state index in [0.717, 1.165) is 11.3 Å². The zero-order valence-corrected chi connectivity index (χ0v) is 20.1. The van der Waals surface area contributed by atoms with E-state index in [1.807, 2.05) is 91.0 Å². The van der Waals surface area contributed by atoms with E-state index in [4.69, 9.17) is 4.74 Å². The minimum absolute atomic E-state index is 0.0530. The van der Waals surface area contributed by atoms with Crippen LogP contribution in [0.2, 0.25) is 0 Å². The standard InChI is InChI=1S/C27H21N5O3S/c1-19(33)31(22-13-7-3-8-14-22)27-28-21(18-36-27)17-35-26(34)24-29-25(20-11-5-2-6-12-20)32(30-24)23-15-9-4-10-16-23/h2-16,18H,17H2,1H3.